The van der Waals surface area contributed by atoms with Crippen molar-refractivity contribution < 1.29 is 9.21 Å². The summed E-state index contributed by atoms with van der Waals surface area (Å²) in [6, 6.07) is 17.5. The summed E-state index contributed by atoms with van der Waals surface area (Å²) in [7, 11) is 0. The number of hydrogen-bond acceptors (Lipinski definition) is 4. The molecule has 29 heavy (non-hydrogen) atoms. The van der Waals surface area contributed by atoms with Crippen molar-refractivity contribution >= 4 is 17.1 Å². The Hall–Kier alpha value is -2.86. The molecular weight excluding hydrogens is 364 g/mol. The number of aromatic nitrogens is 1. The van der Waals surface area contributed by atoms with Gasteiger partial charge in [0.2, 0.25) is 0 Å². The van der Waals surface area contributed by atoms with Crippen molar-refractivity contribution in [3.8, 4) is 0 Å². The fourth-order valence-corrected chi connectivity index (χ4v) is 4.99. The van der Waals surface area contributed by atoms with Gasteiger partial charge in [0, 0.05) is 31.1 Å². The molecule has 0 radical (unpaired) electrons. The van der Waals surface area contributed by atoms with E-state index in [1.165, 1.54) is 24.0 Å². The van der Waals surface area contributed by atoms with Crippen LogP contribution in [0, 0.1) is 0 Å². The largest absolute Gasteiger partial charge is 0.440 e. The van der Waals surface area contributed by atoms with Crippen molar-refractivity contribution in [3.63, 3.8) is 0 Å². The Morgan fingerprint density at radius 1 is 1.07 bits per heavy atom. The Bertz CT molecular complexity index is 966. The van der Waals surface area contributed by atoms with Crippen LogP contribution in [0.3, 0.4) is 0 Å². The zero-order chi connectivity index (χ0) is 19.8. The second-order valence-electron chi connectivity index (χ2n) is 8.30. The van der Waals surface area contributed by atoms with E-state index in [2.05, 4.69) is 39.5 Å². The number of amides is 2. The molecule has 2 aliphatic heterocycles. The van der Waals surface area contributed by atoms with Crippen LogP contribution in [0.4, 0.5) is 4.79 Å². The number of primary amides is 1. The molecule has 2 bridgehead atoms. The van der Waals surface area contributed by atoms with Crippen molar-refractivity contribution in [2.24, 2.45) is 5.73 Å². The molecule has 3 N–H and O–H groups in total. The molecule has 2 saturated heterocycles. The maximum Gasteiger partial charge on any atom is 0.312 e. The molecule has 2 aliphatic rings. The Kier molecular flexibility index (Phi) is 4.72. The van der Waals surface area contributed by atoms with E-state index in [1.54, 1.807) is 0 Å². The van der Waals surface area contributed by atoms with E-state index in [1.807, 2.05) is 24.3 Å². The smallest absolute Gasteiger partial charge is 0.312 e. The molecule has 0 spiro atoms. The third-order valence-electron chi connectivity index (χ3n) is 6.31. The van der Waals surface area contributed by atoms with Gasteiger partial charge in [-0.05, 0) is 48.9 Å². The van der Waals surface area contributed by atoms with Crippen LogP contribution in [-0.4, -0.2) is 34.0 Å². The van der Waals surface area contributed by atoms with Gasteiger partial charge in [0.15, 0.2) is 11.5 Å². The number of carbonyl (C=O) groups excluding carboxylic acids is 1. The number of carbonyl (C=O) groups is 1. The normalized spacial score (nSPS) is 24.1. The molecule has 0 unspecified atom stereocenters. The SMILES string of the molecule is NC(=O)NC1C[C@H]2CC[C@H](C1)N2Cc1ccc(Cc2nc3ccccc3o2)cc1. The van der Waals surface area contributed by atoms with E-state index in [4.69, 9.17) is 10.2 Å². The molecule has 1 aromatic heterocycles. The lowest BCUT2D eigenvalue weighted by Gasteiger charge is -2.39. The van der Waals surface area contributed by atoms with Crippen LogP contribution in [0.5, 0.6) is 0 Å². The van der Waals surface area contributed by atoms with Gasteiger partial charge in [0.1, 0.15) is 5.52 Å². The third-order valence-corrected chi connectivity index (χ3v) is 6.31. The minimum absolute atomic E-state index is 0.222. The van der Waals surface area contributed by atoms with Crippen LogP contribution < -0.4 is 11.1 Å². The van der Waals surface area contributed by atoms with Gasteiger partial charge in [-0.25, -0.2) is 9.78 Å². The number of hydrogen-bond donors (Lipinski definition) is 2. The number of piperidine rings is 1. The average molecular weight is 390 g/mol. The number of fused-ring (bicyclic) bond motifs is 3. The van der Waals surface area contributed by atoms with Crippen molar-refractivity contribution in [2.45, 2.75) is 56.8 Å². The summed E-state index contributed by atoms with van der Waals surface area (Å²) in [5.74, 6) is 0.751. The molecule has 2 amide bonds. The minimum Gasteiger partial charge on any atom is -0.440 e. The lowest BCUT2D eigenvalue weighted by molar-refractivity contribution is 0.112. The Labute approximate surface area is 170 Å². The standard InChI is InChI=1S/C23H26N4O2/c24-23(28)25-17-12-18-9-10-19(13-17)27(18)14-16-7-5-15(6-8-16)11-22-26-20-3-1-2-4-21(20)29-22/h1-8,17-19H,9-14H2,(H3,24,25,28)/t18-,19-/m1/s1. The first-order valence-corrected chi connectivity index (χ1v) is 10.4. The summed E-state index contributed by atoms with van der Waals surface area (Å²) in [4.78, 5) is 18.3. The molecule has 0 aliphatic carbocycles. The third kappa shape index (κ3) is 3.85. The van der Waals surface area contributed by atoms with Crippen LogP contribution in [0.2, 0.25) is 0 Å². The second kappa shape index (κ2) is 7.52. The number of benzene rings is 2. The molecule has 3 heterocycles. The van der Waals surface area contributed by atoms with Gasteiger partial charge in [-0.1, -0.05) is 36.4 Å². The zero-order valence-corrected chi connectivity index (χ0v) is 16.4. The monoisotopic (exact) mass is 390 g/mol. The van der Waals surface area contributed by atoms with Gasteiger partial charge in [0.25, 0.3) is 0 Å². The highest BCUT2D eigenvalue weighted by Gasteiger charge is 2.40. The average Bonchev–Trinajstić information content (AvgIpc) is 3.20. The molecular formula is C23H26N4O2. The van der Waals surface area contributed by atoms with Gasteiger partial charge < -0.3 is 15.5 Å². The van der Waals surface area contributed by atoms with E-state index in [-0.39, 0.29) is 6.04 Å². The van der Waals surface area contributed by atoms with E-state index in [0.717, 1.165) is 36.4 Å². The second-order valence-corrected chi connectivity index (χ2v) is 8.30. The molecule has 6 heteroatoms. The number of nitrogens with two attached hydrogens (primary N) is 1. The summed E-state index contributed by atoms with van der Waals surface area (Å²) in [5.41, 5.74) is 9.58. The van der Waals surface area contributed by atoms with Crippen molar-refractivity contribution in [2.75, 3.05) is 0 Å². The first-order chi connectivity index (χ1) is 14.1. The predicted molar refractivity (Wildman–Crippen MR) is 111 cm³/mol. The summed E-state index contributed by atoms with van der Waals surface area (Å²) in [6.45, 7) is 0.960. The van der Waals surface area contributed by atoms with E-state index in [0.29, 0.717) is 18.5 Å². The number of oxazole rings is 1. The van der Waals surface area contributed by atoms with Crippen LogP contribution in [0.1, 0.15) is 42.7 Å². The lowest BCUT2D eigenvalue weighted by atomic mass is 9.96. The summed E-state index contributed by atoms with van der Waals surface area (Å²) in [6.07, 6.45) is 5.10. The molecule has 6 nitrogen and oxygen atoms in total. The topological polar surface area (TPSA) is 84.4 Å². The molecule has 150 valence electrons. The Morgan fingerprint density at radius 2 is 1.76 bits per heavy atom. The quantitative estimate of drug-likeness (QED) is 0.697. The van der Waals surface area contributed by atoms with E-state index >= 15 is 0 Å². The Morgan fingerprint density at radius 3 is 2.45 bits per heavy atom. The number of rotatable bonds is 5. The molecule has 2 fully saturated rings. The number of nitrogens with one attached hydrogen (secondary N) is 1. The van der Waals surface area contributed by atoms with Crippen LogP contribution in [0.25, 0.3) is 11.1 Å². The summed E-state index contributed by atoms with van der Waals surface area (Å²) < 4.78 is 5.84. The zero-order valence-electron chi connectivity index (χ0n) is 16.4. The van der Waals surface area contributed by atoms with Gasteiger partial charge >= 0.3 is 6.03 Å². The van der Waals surface area contributed by atoms with Crippen molar-refractivity contribution in [1.82, 2.24) is 15.2 Å². The van der Waals surface area contributed by atoms with Crippen molar-refractivity contribution in [3.05, 3.63) is 65.5 Å². The lowest BCUT2D eigenvalue weighted by Crippen LogP contribution is -2.51. The van der Waals surface area contributed by atoms with E-state index in [9.17, 15) is 4.79 Å². The highest BCUT2D eigenvalue weighted by molar-refractivity contribution is 5.72. The highest BCUT2D eigenvalue weighted by Crippen LogP contribution is 2.36. The van der Waals surface area contributed by atoms with E-state index < -0.39 is 6.03 Å². The molecule has 3 aromatic rings. The minimum atomic E-state index is -0.405. The molecule has 5 rings (SSSR count). The van der Waals surface area contributed by atoms with Crippen molar-refractivity contribution in [1.29, 1.82) is 0 Å². The maximum atomic E-state index is 11.2. The van der Waals surface area contributed by atoms with Gasteiger partial charge in [-0.3, -0.25) is 4.90 Å². The summed E-state index contributed by atoms with van der Waals surface area (Å²) in [5, 5.41) is 2.90. The first kappa shape index (κ1) is 18.2. The molecule has 0 saturated carbocycles. The summed E-state index contributed by atoms with van der Waals surface area (Å²) >= 11 is 0. The van der Waals surface area contributed by atoms with Gasteiger partial charge in [-0.2, -0.15) is 0 Å². The molecule has 2 aromatic carbocycles. The molecule has 2 atom stereocenters. The number of urea groups is 1. The highest BCUT2D eigenvalue weighted by atomic mass is 16.3. The van der Waals surface area contributed by atoms with Crippen LogP contribution >= 0.6 is 0 Å². The predicted octanol–water partition coefficient (Wildman–Crippen LogP) is 3.58. The Balaban J connectivity index is 1.22. The first-order valence-electron chi connectivity index (χ1n) is 10.4. The fourth-order valence-electron chi connectivity index (χ4n) is 4.99. The van der Waals surface area contributed by atoms with Crippen LogP contribution in [0.15, 0.2) is 52.9 Å². The fraction of sp³-hybridized carbons (Fsp3) is 0.391. The van der Waals surface area contributed by atoms with Gasteiger partial charge in [-0.15, -0.1) is 0 Å². The van der Waals surface area contributed by atoms with Crippen LogP contribution in [-0.2, 0) is 13.0 Å². The number of nitrogens with zero attached hydrogens (tertiary/aromatic N) is 2. The number of para-hydroxylation sites is 2. The maximum absolute atomic E-state index is 11.2. The van der Waals surface area contributed by atoms with Gasteiger partial charge in [0.05, 0.1) is 0 Å².